The molecule has 0 N–H and O–H groups in total. The molecule has 0 aliphatic carbocycles. The Bertz CT molecular complexity index is 983. The van der Waals surface area contributed by atoms with Crippen LogP contribution >= 0.6 is 11.3 Å². The van der Waals surface area contributed by atoms with Crippen LogP contribution in [0.25, 0.3) is 21.2 Å². The van der Waals surface area contributed by atoms with Crippen LogP contribution in [0.3, 0.4) is 0 Å². The van der Waals surface area contributed by atoms with Crippen molar-refractivity contribution in [1.82, 2.24) is 0 Å². The zero-order chi connectivity index (χ0) is 14.8. The van der Waals surface area contributed by atoms with Crippen molar-refractivity contribution in [3.05, 3.63) is 81.3 Å². The van der Waals surface area contributed by atoms with Crippen LogP contribution in [0, 0.1) is 0 Å². The van der Waals surface area contributed by atoms with E-state index < -0.39 is 0 Å². The van der Waals surface area contributed by atoms with Crippen LogP contribution in [0.4, 0.5) is 5.69 Å². The summed E-state index contributed by atoms with van der Waals surface area (Å²) >= 11 is 2.14. The van der Waals surface area contributed by atoms with Crippen molar-refractivity contribution in [3.8, 4) is 10.4 Å². The van der Waals surface area contributed by atoms with Crippen LogP contribution in [0.2, 0.25) is 0 Å². The molecule has 0 amide bonds. The fourth-order valence-corrected chi connectivity index (χ4v) is 5.78. The molecule has 0 saturated heterocycles. The van der Waals surface area contributed by atoms with Crippen molar-refractivity contribution in [1.29, 1.82) is 0 Å². The first-order chi connectivity index (χ1) is 10.9. The molecule has 22 heavy (non-hydrogen) atoms. The summed E-state index contributed by atoms with van der Waals surface area (Å²) in [5.74, 6) is 0. The Labute approximate surface area is 139 Å². The third-order valence-electron chi connectivity index (χ3n) is 3.47. The van der Waals surface area contributed by atoms with E-state index >= 15 is 0 Å². The molecule has 3 aromatic carbocycles. The maximum atomic E-state index is 4.75. The van der Waals surface area contributed by atoms with E-state index in [1.165, 1.54) is 24.8 Å². The second-order valence-corrected chi connectivity index (χ2v) is 8.39. The van der Waals surface area contributed by atoms with E-state index in [0.717, 1.165) is 5.69 Å². The fourth-order valence-electron chi connectivity index (χ4n) is 2.37. The van der Waals surface area contributed by atoms with E-state index in [1.54, 1.807) is 11.3 Å². The SMILES string of the molecule is c1ccc(N=c2sc(-c3ccc4ccccc4c3)c[se]2)cc1. The van der Waals surface area contributed by atoms with Gasteiger partial charge in [0.15, 0.2) is 0 Å². The van der Waals surface area contributed by atoms with E-state index in [2.05, 4.69) is 59.5 Å². The summed E-state index contributed by atoms with van der Waals surface area (Å²) in [4.78, 5) is 8.42. The van der Waals surface area contributed by atoms with Crippen molar-refractivity contribution >= 4 is 42.3 Å². The normalized spacial score (nSPS) is 11.9. The van der Waals surface area contributed by atoms with Crippen molar-refractivity contribution in [2.45, 2.75) is 0 Å². The number of hydrogen-bond donors (Lipinski definition) is 0. The van der Waals surface area contributed by atoms with Gasteiger partial charge in [-0.1, -0.05) is 0 Å². The van der Waals surface area contributed by atoms with Gasteiger partial charge in [0.25, 0.3) is 0 Å². The number of hydrogen-bond acceptors (Lipinski definition) is 2. The number of para-hydroxylation sites is 1. The quantitative estimate of drug-likeness (QED) is 0.450. The monoisotopic (exact) mass is 367 g/mol. The Morgan fingerprint density at radius 2 is 1.55 bits per heavy atom. The molecule has 0 saturated carbocycles. The number of nitrogens with zero attached hydrogens (tertiary/aromatic N) is 1. The topological polar surface area (TPSA) is 12.4 Å². The predicted molar refractivity (Wildman–Crippen MR) is 95.9 cm³/mol. The third kappa shape index (κ3) is 2.84. The molecule has 1 nitrogen and oxygen atoms in total. The molecule has 106 valence electrons. The van der Waals surface area contributed by atoms with Gasteiger partial charge in [0.05, 0.1) is 0 Å². The van der Waals surface area contributed by atoms with Gasteiger partial charge >= 0.3 is 139 Å². The van der Waals surface area contributed by atoms with E-state index in [0.29, 0.717) is 14.5 Å². The van der Waals surface area contributed by atoms with Crippen molar-refractivity contribution in [2.24, 2.45) is 4.99 Å². The van der Waals surface area contributed by atoms with Crippen molar-refractivity contribution < 1.29 is 0 Å². The summed E-state index contributed by atoms with van der Waals surface area (Å²) in [6, 6.07) is 25.4. The van der Waals surface area contributed by atoms with Gasteiger partial charge in [-0.05, 0) is 0 Å². The van der Waals surface area contributed by atoms with E-state index in [4.69, 9.17) is 4.99 Å². The molecule has 0 aliphatic rings. The van der Waals surface area contributed by atoms with E-state index in [-0.39, 0.29) is 0 Å². The number of fused-ring (bicyclic) bond motifs is 1. The molecule has 1 aromatic heterocycles. The molecule has 0 atom stereocenters. The van der Waals surface area contributed by atoms with Gasteiger partial charge in [0.2, 0.25) is 0 Å². The second kappa shape index (κ2) is 6.05. The van der Waals surface area contributed by atoms with Crippen molar-refractivity contribution in [2.75, 3.05) is 0 Å². The Kier molecular flexibility index (Phi) is 3.77. The summed E-state index contributed by atoms with van der Waals surface area (Å²) in [7, 11) is 0. The molecule has 0 bridgehead atoms. The third-order valence-corrected chi connectivity index (χ3v) is 7.03. The summed E-state index contributed by atoms with van der Waals surface area (Å²) in [6.07, 6.45) is 0. The fraction of sp³-hybridized carbons (Fsp3) is 0. The Morgan fingerprint density at radius 1 is 0.773 bits per heavy atom. The molecule has 3 heteroatoms. The minimum absolute atomic E-state index is 0.335. The molecule has 0 radical (unpaired) electrons. The van der Waals surface area contributed by atoms with Crippen LogP contribution in [0.1, 0.15) is 0 Å². The number of rotatable bonds is 2. The first-order valence-electron chi connectivity index (χ1n) is 7.06. The summed E-state index contributed by atoms with van der Waals surface area (Å²) in [5, 5.41) is 2.58. The Balaban J connectivity index is 1.75. The first kappa shape index (κ1) is 13.7. The van der Waals surface area contributed by atoms with Crippen LogP contribution in [0.5, 0.6) is 0 Å². The standard InChI is InChI=1S/C19H13NSSe/c1-2-8-17(9-3-1)20-19-21-18(13-22-19)16-11-10-14-6-4-5-7-15(14)12-16/h1-13H. The van der Waals surface area contributed by atoms with Crippen LogP contribution < -0.4 is 3.54 Å². The van der Waals surface area contributed by atoms with E-state index in [1.807, 2.05) is 18.2 Å². The van der Waals surface area contributed by atoms with Crippen LogP contribution in [-0.4, -0.2) is 14.5 Å². The Hall–Kier alpha value is -1.93. The average molecular weight is 366 g/mol. The summed E-state index contributed by atoms with van der Waals surface area (Å²) < 4.78 is 1.22. The zero-order valence-electron chi connectivity index (χ0n) is 11.8. The minimum atomic E-state index is 0.335. The van der Waals surface area contributed by atoms with Gasteiger partial charge in [0, 0.05) is 0 Å². The summed E-state index contributed by atoms with van der Waals surface area (Å²) in [6.45, 7) is 0. The molecule has 0 unspecified atom stereocenters. The first-order valence-corrected chi connectivity index (χ1v) is 9.72. The number of benzene rings is 3. The predicted octanol–water partition coefficient (Wildman–Crippen LogP) is 4.86. The summed E-state index contributed by atoms with van der Waals surface area (Å²) in [5.41, 5.74) is 2.34. The molecule has 4 aromatic rings. The van der Waals surface area contributed by atoms with Gasteiger partial charge in [-0.2, -0.15) is 0 Å². The zero-order valence-corrected chi connectivity index (χ0v) is 14.3. The molecule has 4 rings (SSSR count). The molecule has 0 fully saturated rings. The van der Waals surface area contributed by atoms with Gasteiger partial charge in [0.1, 0.15) is 0 Å². The van der Waals surface area contributed by atoms with Gasteiger partial charge in [-0.15, -0.1) is 0 Å². The van der Waals surface area contributed by atoms with Crippen LogP contribution in [0.15, 0.2) is 82.7 Å². The van der Waals surface area contributed by atoms with Crippen molar-refractivity contribution in [3.63, 3.8) is 0 Å². The average Bonchev–Trinajstić information content (AvgIpc) is 3.04. The second-order valence-electron chi connectivity index (χ2n) is 4.98. The molecule has 1 heterocycles. The molecule has 0 spiro atoms. The molecular formula is C19H13NSSe. The Morgan fingerprint density at radius 3 is 2.41 bits per heavy atom. The maximum absolute atomic E-state index is 4.75. The molecule has 0 aliphatic heterocycles. The van der Waals surface area contributed by atoms with Gasteiger partial charge in [-0.3, -0.25) is 0 Å². The molecular weight excluding hydrogens is 353 g/mol. The van der Waals surface area contributed by atoms with E-state index in [9.17, 15) is 0 Å². The van der Waals surface area contributed by atoms with Gasteiger partial charge in [-0.25, -0.2) is 0 Å². The van der Waals surface area contributed by atoms with Crippen LogP contribution in [-0.2, 0) is 0 Å². The van der Waals surface area contributed by atoms with Gasteiger partial charge < -0.3 is 0 Å².